The first-order chi connectivity index (χ1) is 14.3. The van der Waals surface area contributed by atoms with Gasteiger partial charge in [-0.25, -0.2) is 13.4 Å². The Bertz CT molecular complexity index is 1010. The first kappa shape index (κ1) is 20.2. The van der Waals surface area contributed by atoms with Crippen molar-refractivity contribution in [3.8, 4) is 0 Å². The molecule has 1 aromatic heterocycles. The highest BCUT2D eigenvalue weighted by atomic mass is 32.2. The van der Waals surface area contributed by atoms with Crippen LogP contribution in [-0.4, -0.2) is 52.8 Å². The Morgan fingerprint density at radius 2 is 1.77 bits per heavy atom. The van der Waals surface area contributed by atoms with Crippen LogP contribution < -0.4 is 5.56 Å². The number of nitrogens with one attached hydrogen (secondary N) is 1. The minimum atomic E-state index is -3.34. The van der Waals surface area contributed by atoms with Crippen LogP contribution in [0.4, 0.5) is 0 Å². The van der Waals surface area contributed by atoms with Crippen molar-refractivity contribution in [1.82, 2.24) is 19.2 Å². The third-order valence-electron chi connectivity index (χ3n) is 7.57. The van der Waals surface area contributed by atoms with Gasteiger partial charge in [0.05, 0.1) is 24.5 Å². The molecule has 1 N–H and O–H groups in total. The summed E-state index contributed by atoms with van der Waals surface area (Å²) in [5, 5.41) is 0. The second-order valence-electron chi connectivity index (χ2n) is 9.40. The third kappa shape index (κ3) is 3.49. The van der Waals surface area contributed by atoms with Crippen molar-refractivity contribution >= 4 is 15.9 Å². The van der Waals surface area contributed by atoms with Crippen LogP contribution in [0.2, 0.25) is 0 Å². The Morgan fingerprint density at radius 1 is 1.07 bits per heavy atom. The van der Waals surface area contributed by atoms with Gasteiger partial charge in [-0.05, 0) is 50.4 Å². The maximum absolute atomic E-state index is 13.4. The number of piperidine rings is 1. The summed E-state index contributed by atoms with van der Waals surface area (Å²) in [5.74, 6) is 2.00. The summed E-state index contributed by atoms with van der Waals surface area (Å²) in [6.07, 6.45) is 9.07. The third-order valence-corrected chi connectivity index (χ3v) is 8.82. The monoisotopic (exact) mass is 434 g/mol. The van der Waals surface area contributed by atoms with Gasteiger partial charge in [0.2, 0.25) is 15.9 Å². The zero-order valence-corrected chi connectivity index (χ0v) is 18.3. The molecule has 3 atom stereocenters. The number of rotatable bonds is 3. The minimum Gasteiger partial charge on any atom is -0.332 e. The molecule has 3 fully saturated rings. The van der Waals surface area contributed by atoms with Crippen molar-refractivity contribution in [2.45, 2.75) is 64.0 Å². The van der Waals surface area contributed by atoms with E-state index in [-0.39, 0.29) is 30.0 Å². The van der Waals surface area contributed by atoms with E-state index in [1.165, 1.54) is 23.4 Å². The van der Waals surface area contributed by atoms with Gasteiger partial charge < -0.3 is 9.88 Å². The minimum absolute atomic E-state index is 0.124. The Kier molecular flexibility index (Phi) is 5.01. The van der Waals surface area contributed by atoms with E-state index in [4.69, 9.17) is 4.98 Å². The first-order valence-electron chi connectivity index (χ1n) is 11.2. The lowest BCUT2D eigenvalue weighted by molar-refractivity contribution is -0.137. The number of carbonyl (C=O) groups is 1. The Hall–Kier alpha value is -1.74. The van der Waals surface area contributed by atoms with Gasteiger partial charge in [0, 0.05) is 24.6 Å². The van der Waals surface area contributed by atoms with E-state index in [1.807, 2.05) is 4.90 Å². The maximum atomic E-state index is 13.4. The number of sulfonamides is 1. The number of aromatic nitrogens is 2. The van der Waals surface area contributed by atoms with Crippen LogP contribution in [0.25, 0.3) is 0 Å². The summed E-state index contributed by atoms with van der Waals surface area (Å²) in [7, 11) is -3.34. The number of amides is 1. The van der Waals surface area contributed by atoms with Crippen molar-refractivity contribution in [1.29, 1.82) is 0 Å². The standard InChI is InChI=1S/C21H30N4O4S/c1-30(28,29)24-11-9-15-16(12-24)22-19(23-20(15)26)17-8-4-5-10-25(17)21(27)18-13-6-2-3-7-14(13)18/h13-14,17-18H,2-12H2,1H3,(H,22,23,26)/t13-,14-,17+/m1/s1. The van der Waals surface area contributed by atoms with Gasteiger partial charge in [-0.1, -0.05) is 12.8 Å². The van der Waals surface area contributed by atoms with Crippen LogP contribution in [0.1, 0.15) is 68.1 Å². The van der Waals surface area contributed by atoms with E-state index in [9.17, 15) is 18.0 Å². The summed E-state index contributed by atoms with van der Waals surface area (Å²) in [6.45, 7) is 1.13. The summed E-state index contributed by atoms with van der Waals surface area (Å²) in [6, 6.07) is -0.222. The van der Waals surface area contributed by atoms with Crippen molar-refractivity contribution < 1.29 is 13.2 Å². The van der Waals surface area contributed by atoms with Crippen LogP contribution >= 0.6 is 0 Å². The number of fused-ring (bicyclic) bond motifs is 2. The lowest BCUT2D eigenvalue weighted by Gasteiger charge is -2.36. The molecular weight excluding hydrogens is 404 g/mol. The van der Waals surface area contributed by atoms with Crippen molar-refractivity contribution in [2.24, 2.45) is 17.8 Å². The van der Waals surface area contributed by atoms with E-state index in [1.54, 1.807) is 0 Å². The molecule has 0 spiro atoms. The molecule has 4 aliphatic rings. The number of hydrogen-bond donors (Lipinski definition) is 1. The molecule has 1 saturated heterocycles. The highest BCUT2D eigenvalue weighted by Crippen LogP contribution is 2.56. The van der Waals surface area contributed by atoms with E-state index >= 15 is 0 Å². The first-order valence-corrected chi connectivity index (χ1v) is 13.1. The van der Waals surface area contributed by atoms with Crippen LogP contribution in [0.15, 0.2) is 4.79 Å². The number of carbonyl (C=O) groups excluding carboxylic acids is 1. The molecule has 1 amide bonds. The Morgan fingerprint density at radius 3 is 2.47 bits per heavy atom. The fourth-order valence-electron chi connectivity index (χ4n) is 5.91. The summed E-state index contributed by atoms with van der Waals surface area (Å²) >= 11 is 0. The van der Waals surface area contributed by atoms with E-state index in [0.717, 1.165) is 32.1 Å². The number of H-pyrrole nitrogens is 1. The quantitative estimate of drug-likeness (QED) is 0.778. The average molecular weight is 435 g/mol. The van der Waals surface area contributed by atoms with Gasteiger partial charge in [-0.15, -0.1) is 0 Å². The highest BCUT2D eigenvalue weighted by molar-refractivity contribution is 7.88. The van der Waals surface area contributed by atoms with Crippen molar-refractivity contribution in [3.05, 3.63) is 27.4 Å². The SMILES string of the molecule is CS(=O)(=O)N1CCc2c(nc([C@@H]3CCCCN3C(=O)C3[C@@H]4CCCC[C@@H]34)[nH]c2=O)C1. The van der Waals surface area contributed by atoms with Gasteiger partial charge in [-0.3, -0.25) is 9.59 Å². The lowest BCUT2D eigenvalue weighted by Crippen LogP contribution is -2.43. The number of aromatic amines is 1. The fourth-order valence-corrected chi connectivity index (χ4v) is 6.69. The zero-order valence-electron chi connectivity index (χ0n) is 17.5. The van der Waals surface area contributed by atoms with Crippen molar-refractivity contribution in [2.75, 3.05) is 19.3 Å². The predicted octanol–water partition coefficient (Wildman–Crippen LogP) is 1.58. The molecule has 3 heterocycles. The molecule has 9 heteroatoms. The highest BCUT2D eigenvalue weighted by Gasteiger charge is 2.56. The van der Waals surface area contributed by atoms with Gasteiger partial charge in [-0.2, -0.15) is 4.31 Å². The Labute approximate surface area is 177 Å². The summed E-state index contributed by atoms with van der Waals surface area (Å²) in [5.41, 5.74) is 0.908. The molecule has 0 unspecified atom stereocenters. The molecule has 30 heavy (non-hydrogen) atoms. The van der Waals surface area contributed by atoms with Crippen molar-refractivity contribution in [3.63, 3.8) is 0 Å². The van der Waals surface area contributed by atoms with E-state index in [2.05, 4.69) is 4.98 Å². The molecule has 2 aliphatic carbocycles. The molecule has 2 saturated carbocycles. The second-order valence-corrected chi connectivity index (χ2v) is 11.4. The fraction of sp³-hybridized carbons (Fsp3) is 0.762. The van der Waals surface area contributed by atoms with Crippen LogP contribution in [0, 0.1) is 17.8 Å². The van der Waals surface area contributed by atoms with Gasteiger partial charge in [0.25, 0.3) is 5.56 Å². The largest absolute Gasteiger partial charge is 0.332 e. The molecule has 0 radical (unpaired) electrons. The predicted molar refractivity (Wildman–Crippen MR) is 111 cm³/mol. The smallest absolute Gasteiger partial charge is 0.254 e. The molecule has 0 aromatic carbocycles. The summed E-state index contributed by atoms with van der Waals surface area (Å²) in [4.78, 5) is 35.7. The summed E-state index contributed by atoms with van der Waals surface area (Å²) < 4.78 is 25.3. The number of nitrogens with zero attached hydrogens (tertiary/aromatic N) is 3. The molecule has 8 nitrogen and oxygen atoms in total. The zero-order chi connectivity index (χ0) is 21.0. The van der Waals surface area contributed by atoms with Crippen LogP contribution in [0.3, 0.4) is 0 Å². The molecule has 2 aliphatic heterocycles. The number of hydrogen-bond acceptors (Lipinski definition) is 5. The molecular formula is C21H30N4O4S. The maximum Gasteiger partial charge on any atom is 0.254 e. The van der Waals surface area contributed by atoms with Gasteiger partial charge in [0.15, 0.2) is 0 Å². The molecule has 1 aromatic rings. The van der Waals surface area contributed by atoms with Gasteiger partial charge in [0.1, 0.15) is 5.82 Å². The van der Waals surface area contributed by atoms with Crippen LogP contribution in [-0.2, 0) is 27.8 Å². The molecule has 5 rings (SSSR count). The molecule has 0 bridgehead atoms. The molecule has 164 valence electrons. The van der Waals surface area contributed by atoms with Crippen LogP contribution in [0.5, 0.6) is 0 Å². The Balaban J connectivity index is 1.43. The average Bonchev–Trinajstić information content (AvgIpc) is 3.46. The number of likely N-dealkylation sites (tertiary alicyclic amines) is 1. The van der Waals surface area contributed by atoms with E-state index in [0.29, 0.717) is 48.4 Å². The topological polar surface area (TPSA) is 103 Å². The lowest BCUT2D eigenvalue weighted by atomic mass is 9.99. The second kappa shape index (κ2) is 7.44. The van der Waals surface area contributed by atoms with Gasteiger partial charge >= 0.3 is 0 Å². The normalized spacial score (nSPS) is 31.7. The van der Waals surface area contributed by atoms with E-state index < -0.39 is 10.0 Å².